The van der Waals surface area contributed by atoms with E-state index in [0.29, 0.717) is 24.3 Å². The molecule has 3 rings (SSSR count). The van der Waals surface area contributed by atoms with E-state index in [-0.39, 0.29) is 16.5 Å². The van der Waals surface area contributed by atoms with Crippen LogP contribution in [0.25, 0.3) is 11.0 Å². The third-order valence-electron chi connectivity index (χ3n) is 4.78. The predicted molar refractivity (Wildman–Crippen MR) is 116 cm³/mol. The largest absolute Gasteiger partial charge is 0.382 e. The van der Waals surface area contributed by atoms with Crippen LogP contribution in [0.15, 0.2) is 29.2 Å². The van der Waals surface area contributed by atoms with E-state index >= 15 is 0 Å². The quantitative estimate of drug-likeness (QED) is 0.494. The average Bonchev–Trinajstić information content (AvgIpc) is 3.00. The number of carbonyl (C=O) groups is 1. The SMILES string of the molecule is Cc1nc(N)c2nc(C)n(CCCNC(=O)NS(=O)(=O)c3ccccc3Cl)c2c1C. The number of imidazole rings is 1. The maximum Gasteiger partial charge on any atom is 0.328 e. The Bertz CT molecular complexity index is 1220. The molecular formula is C19H23ClN6O3S. The summed E-state index contributed by atoms with van der Waals surface area (Å²) in [4.78, 5) is 20.7. The maximum atomic E-state index is 12.3. The van der Waals surface area contributed by atoms with E-state index in [9.17, 15) is 13.2 Å². The van der Waals surface area contributed by atoms with Crippen molar-refractivity contribution in [1.82, 2.24) is 24.6 Å². The van der Waals surface area contributed by atoms with Gasteiger partial charge < -0.3 is 15.6 Å². The number of rotatable bonds is 6. The van der Waals surface area contributed by atoms with Crippen molar-refractivity contribution in [2.24, 2.45) is 0 Å². The van der Waals surface area contributed by atoms with Crippen LogP contribution in [0.1, 0.15) is 23.5 Å². The molecule has 4 N–H and O–H groups in total. The molecule has 0 saturated heterocycles. The lowest BCUT2D eigenvalue weighted by Gasteiger charge is -2.12. The lowest BCUT2D eigenvalue weighted by Crippen LogP contribution is -2.40. The van der Waals surface area contributed by atoms with E-state index in [1.54, 1.807) is 6.07 Å². The summed E-state index contributed by atoms with van der Waals surface area (Å²) in [7, 11) is -4.05. The first kappa shape index (κ1) is 21.8. The molecule has 9 nitrogen and oxygen atoms in total. The van der Waals surface area contributed by atoms with Crippen LogP contribution in [0.3, 0.4) is 0 Å². The number of fused-ring (bicyclic) bond motifs is 1. The summed E-state index contributed by atoms with van der Waals surface area (Å²) in [6.45, 7) is 6.58. The second-order valence-electron chi connectivity index (χ2n) is 6.86. The average molecular weight is 451 g/mol. The number of benzene rings is 1. The van der Waals surface area contributed by atoms with Gasteiger partial charge in [-0.25, -0.2) is 27.9 Å². The molecule has 3 aromatic rings. The van der Waals surface area contributed by atoms with Crippen LogP contribution in [0.4, 0.5) is 10.6 Å². The number of aryl methyl sites for hydroxylation is 4. The molecule has 0 fully saturated rings. The van der Waals surface area contributed by atoms with Crippen LogP contribution in [-0.4, -0.2) is 35.5 Å². The van der Waals surface area contributed by atoms with E-state index in [0.717, 1.165) is 22.6 Å². The zero-order valence-electron chi connectivity index (χ0n) is 16.9. The van der Waals surface area contributed by atoms with Crippen molar-refractivity contribution in [2.75, 3.05) is 12.3 Å². The summed E-state index contributed by atoms with van der Waals surface area (Å²) in [6.07, 6.45) is 0.562. The fourth-order valence-electron chi connectivity index (χ4n) is 3.20. The number of amides is 2. The fourth-order valence-corrected chi connectivity index (χ4v) is 4.65. The first-order chi connectivity index (χ1) is 14.1. The Kier molecular flexibility index (Phi) is 6.18. The summed E-state index contributed by atoms with van der Waals surface area (Å²) >= 11 is 5.90. The molecule has 30 heavy (non-hydrogen) atoms. The van der Waals surface area contributed by atoms with Crippen molar-refractivity contribution in [3.63, 3.8) is 0 Å². The number of anilines is 1. The first-order valence-corrected chi connectivity index (χ1v) is 11.1. The Hall–Kier alpha value is -2.85. The van der Waals surface area contributed by atoms with E-state index in [1.807, 2.05) is 30.1 Å². The van der Waals surface area contributed by atoms with Crippen LogP contribution in [0, 0.1) is 20.8 Å². The molecule has 0 unspecified atom stereocenters. The van der Waals surface area contributed by atoms with E-state index in [1.165, 1.54) is 18.2 Å². The lowest BCUT2D eigenvalue weighted by atomic mass is 10.2. The minimum atomic E-state index is -4.05. The van der Waals surface area contributed by atoms with Crippen LogP contribution >= 0.6 is 11.6 Å². The van der Waals surface area contributed by atoms with Crippen molar-refractivity contribution >= 4 is 44.5 Å². The smallest absolute Gasteiger partial charge is 0.328 e. The van der Waals surface area contributed by atoms with Gasteiger partial charge in [0.1, 0.15) is 16.2 Å². The van der Waals surface area contributed by atoms with Gasteiger partial charge in [-0.1, -0.05) is 23.7 Å². The summed E-state index contributed by atoms with van der Waals surface area (Å²) < 4.78 is 28.6. The normalized spacial score (nSPS) is 11.6. The van der Waals surface area contributed by atoms with Gasteiger partial charge in [-0.15, -0.1) is 0 Å². The highest BCUT2D eigenvalue weighted by Gasteiger charge is 2.20. The van der Waals surface area contributed by atoms with Crippen molar-refractivity contribution in [1.29, 1.82) is 0 Å². The Labute approximate surface area is 179 Å². The van der Waals surface area contributed by atoms with Gasteiger partial charge in [0.2, 0.25) is 0 Å². The zero-order valence-corrected chi connectivity index (χ0v) is 18.4. The number of carbonyl (C=O) groups excluding carboxylic acids is 1. The Morgan fingerprint density at radius 3 is 2.60 bits per heavy atom. The second kappa shape index (κ2) is 8.49. The molecule has 2 amide bonds. The number of urea groups is 1. The molecule has 2 aromatic heterocycles. The number of hydrogen-bond acceptors (Lipinski definition) is 6. The van der Waals surface area contributed by atoms with Crippen LogP contribution in [0.5, 0.6) is 0 Å². The van der Waals surface area contributed by atoms with Gasteiger partial charge in [0.25, 0.3) is 10.0 Å². The number of nitrogens with zero attached hydrogens (tertiary/aromatic N) is 3. The third-order valence-corrected chi connectivity index (χ3v) is 6.62. The van der Waals surface area contributed by atoms with Gasteiger partial charge >= 0.3 is 6.03 Å². The number of sulfonamides is 1. The van der Waals surface area contributed by atoms with Gasteiger partial charge in [0.05, 0.1) is 10.5 Å². The van der Waals surface area contributed by atoms with Crippen molar-refractivity contribution < 1.29 is 13.2 Å². The van der Waals surface area contributed by atoms with Crippen LogP contribution in [-0.2, 0) is 16.6 Å². The van der Waals surface area contributed by atoms with Crippen molar-refractivity contribution in [3.8, 4) is 0 Å². The van der Waals surface area contributed by atoms with Crippen molar-refractivity contribution in [3.05, 3.63) is 46.4 Å². The summed E-state index contributed by atoms with van der Waals surface area (Å²) in [5.41, 5.74) is 9.41. The molecule has 0 aliphatic carbocycles. The number of nitrogens with one attached hydrogen (secondary N) is 2. The van der Waals surface area contributed by atoms with Gasteiger partial charge in [0.15, 0.2) is 5.82 Å². The van der Waals surface area contributed by atoms with Gasteiger partial charge in [-0.2, -0.15) is 0 Å². The molecule has 0 spiro atoms. The molecule has 2 heterocycles. The minimum Gasteiger partial charge on any atom is -0.382 e. The number of aromatic nitrogens is 3. The highest BCUT2D eigenvalue weighted by atomic mass is 35.5. The second-order valence-corrected chi connectivity index (χ2v) is 8.92. The molecule has 0 bridgehead atoms. The summed E-state index contributed by atoms with van der Waals surface area (Å²) in [6, 6.07) is 5.09. The molecule has 0 radical (unpaired) electrons. The first-order valence-electron chi connectivity index (χ1n) is 9.26. The van der Waals surface area contributed by atoms with Gasteiger partial charge in [-0.05, 0) is 44.9 Å². The number of nitrogens with two attached hydrogens (primary N) is 1. The van der Waals surface area contributed by atoms with E-state index in [4.69, 9.17) is 17.3 Å². The third kappa shape index (κ3) is 4.34. The molecule has 11 heteroatoms. The molecule has 0 aliphatic rings. The Balaban J connectivity index is 1.62. The van der Waals surface area contributed by atoms with Crippen LogP contribution < -0.4 is 15.8 Å². The summed E-state index contributed by atoms with van der Waals surface area (Å²) in [5, 5.41) is 2.59. The van der Waals surface area contributed by atoms with Crippen molar-refractivity contribution in [2.45, 2.75) is 38.6 Å². The Morgan fingerprint density at radius 2 is 1.90 bits per heavy atom. The highest BCUT2D eigenvalue weighted by Crippen LogP contribution is 2.26. The number of nitrogen functional groups attached to an aromatic ring is 1. The molecule has 0 aliphatic heterocycles. The van der Waals surface area contributed by atoms with Gasteiger partial charge in [0, 0.05) is 18.8 Å². The standard InChI is InChI=1S/C19H23ClN6O3S/c1-11-12(2)23-18(21)16-17(11)26(13(3)24-16)10-6-9-22-19(27)25-30(28,29)15-8-5-4-7-14(15)20/h4-5,7-8H,6,9-10H2,1-3H3,(H2,21,23)(H2,22,25,27). The zero-order chi connectivity index (χ0) is 22.1. The molecule has 0 saturated carbocycles. The number of pyridine rings is 1. The van der Waals surface area contributed by atoms with E-state index < -0.39 is 16.1 Å². The Morgan fingerprint density at radius 1 is 1.20 bits per heavy atom. The molecule has 1 aromatic carbocycles. The summed E-state index contributed by atoms with van der Waals surface area (Å²) in [5.74, 6) is 1.18. The van der Waals surface area contributed by atoms with Crippen LogP contribution in [0.2, 0.25) is 5.02 Å². The minimum absolute atomic E-state index is 0.0414. The highest BCUT2D eigenvalue weighted by molar-refractivity contribution is 7.90. The molecule has 160 valence electrons. The topological polar surface area (TPSA) is 132 Å². The van der Waals surface area contributed by atoms with E-state index in [2.05, 4.69) is 15.3 Å². The number of halogens is 1. The fraction of sp³-hybridized carbons (Fsp3) is 0.316. The molecule has 0 atom stereocenters. The lowest BCUT2D eigenvalue weighted by molar-refractivity contribution is 0.245. The number of hydrogen-bond donors (Lipinski definition) is 3. The monoisotopic (exact) mass is 450 g/mol. The predicted octanol–water partition coefficient (Wildman–Crippen LogP) is 2.67. The van der Waals surface area contributed by atoms with Gasteiger partial charge in [-0.3, -0.25) is 0 Å². The molecular weight excluding hydrogens is 428 g/mol. The maximum absolute atomic E-state index is 12.3.